The van der Waals surface area contributed by atoms with E-state index in [2.05, 4.69) is 47.6 Å². The molecule has 1 fully saturated rings. The average molecular weight is 331 g/mol. The van der Waals surface area contributed by atoms with E-state index in [1.54, 1.807) is 7.05 Å². The molecule has 2 N–H and O–H groups in total. The number of ether oxygens (including phenoxy) is 1. The molecule has 0 saturated carbocycles. The lowest BCUT2D eigenvalue weighted by atomic mass is 10.00. The Bertz CT molecular complexity index is 592. The van der Waals surface area contributed by atoms with Gasteiger partial charge in [0.25, 0.3) is 0 Å². The number of fused-ring (bicyclic) bond motifs is 1. The van der Waals surface area contributed by atoms with Crippen molar-refractivity contribution < 1.29 is 9.53 Å². The number of para-hydroxylation sites is 1. The first-order valence-corrected chi connectivity index (χ1v) is 8.93. The zero-order valence-corrected chi connectivity index (χ0v) is 15.0. The summed E-state index contributed by atoms with van der Waals surface area (Å²) in [6, 6.07) is 6.97. The van der Waals surface area contributed by atoms with E-state index in [-0.39, 0.29) is 11.5 Å². The van der Waals surface area contributed by atoms with Crippen LogP contribution in [0.2, 0.25) is 0 Å². The number of benzene rings is 1. The van der Waals surface area contributed by atoms with Crippen LogP contribution in [-0.4, -0.2) is 49.1 Å². The number of rotatable bonds is 5. The van der Waals surface area contributed by atoms with Crippen molar-refractivity contribution in [2.24, 2.45) is 0 Å². The Hall–Kier alpha value is -1.59. The van der Waals surface area contributed by atoms with Crippen molar-refractivity contribution in [2.45, 2.75) is 51.3 Å². The molecular weight excluding hydrogens is 302 g/mol. The predicted molar refractivity (Wildman–Crippen MR) is 95.2 cm³/mol. The van der Waals surface area contributed by atoms with Gasteiger partial charge in [-0.2, -0.15) is 0 Å². The van der Waals surface area contributed by atoms with Crippen LogP contribution in [-0.2, 0) is 17.8 Å². The topological polar surface area (TPSA) is 53.6 Å². The number of hydrogen-bond donors (Lipinski definition) is 2. The van der Waals surface area contributed by atoms with Crippen LogP contribution in [0.5, 0.6) is 5.75 Å². The highest BCUT2D eigenvalue weighted by Gasteiger charge is 2.31. The molecule has 2 aliphatic heterocycles. The minimum Gasteiger partial charge on any atom is -0.487 e. The fourth-order valence-electron chi connectivity index (χ4n) is 3.65. The van der Waals surface area contributed by atoms with Gasteiger partial charge in [0.2, 0.25) is 5.91 Å². The molecule has 0 spiro atoms. The number of nitrogens with zero attached hydrogens (tertiary/aromatic N) is 1. The van der Waals surface area contributed by atoms with E-state index in [4.69, 9.17) is 4.74 Å². The average Bonchev–Trinajstić information content (AvgIpc) is 2.88. The van der Waals surface area contributed by atoms with Crippen LogP contribution in [0.15, 0.2) is 18.2 Å². The summed E-state index contributed by atoms with van der Waals surface area (Å²) in [5.41, 5.74) is 2.48. The van der Waals surface area contributed by atoms with Crippen molar-refractivity contribution in [2.75, 3.05) is 26.7 Å². The second-order valence-electron chi connectivity index (χ2n) is 7.55. The van der Waals surface area contributed by atoms with Gasteiger partial charge in [0, 0.05) is 44.7 Å². The molecule has 0 unspecified atom stereocenters. The summed E-state index contributed by atoms with van der Waals surface area (Å²) < 4.78 is 6.15. The molecule has 0 atom stereocenters. The summed E-state index contributed by atoms with van der Waals surface area (Å²) in [4.78, 5) is 13.7. The van der Waals surface area contributed by atoms with Gasteiger partial charge in [-0.15, -0.1) is 0 Å². The highest BCUT2D eigenvalue weighted by molar-refractivity contribution is 5.77. The van der Waals surface area contributed by atoms with Crippen LogP contribution >= 0.6 is 0 Å². The molecule has 5 heteroatoms. The van der Waals surface area contributed by atoms with Crippen molar-refractivity contribution in [1.82, 2.24) is 15.5 Å². The maximum absolute atomic E-state index is 11.5. The first kappa shape index (κ1) is 17.2. The molecule has 1 amide bonds. The van der Waals surface area contributed by atoms with Crippen LogP contribution in [0.3, 0.4) is 0 Å². The molecule has 1 aromatic carbocycles. The highest BCUT2D eigenvalue weighted by atomic mass is 16.5. The Labute approximate surface area is 144 Å². The summed E-state index contributed by atoms with van der Waals surface area (Å²) in [5.74, 6) is 1.17. The van der Waals surface area contributed by atoms with Gasteiger partial charge in [0.05, 0.1) is 6.54 Å². The van der Waals surface area contributed by atoms with Crippen molar-refractivity contribution >= 4 is 5.91 Å². The quantitative estimate of drug-likeness (QED) is 0.862. The minimum atomic E-state index is -0.0936. The van der Waals surface area contributed by atoms with Gasteiger partial charge >= 0.3 is 0 Å². The summed E-state index contributed by atoms with van der Waals surface area (Å²) >= 11 is 0. The molecule has 2 heterocycles. The second kappa shape index (κ2) is 7.11. The van der Waals surface area contributed by atoms with Crippen LogP contribution in [0.25, 0.3) is 0 Å². The van der Waals surface area contributed by atoms with Crippen LogP contribution < -0.4 is 15.4 Å². The lowest BCUT2D eigenvalue weighted by molar-refractivity contribution is -0.122. The molecule has 24 heavy (non-hydrogen) atoms. The minimum absolute atomic E-state index is 0.0936. The molecule has 5 nitrogen and oxygen atoms in total. The van der Waals surface area contributed by atoms with Gasteiger partial charge in [-0.1, -0.05) is 18.2 Å². The number of carbonyl (C=O) groups is 1. The normalized spacial score (nSPS) is 20.5. The SMILES string of the molecule is CNC(=O)CN1CCC(NCc2cccc3c2OC(C)(C)C3)CC1. The molecule has 0 aromatic heterocycles. The summed E-state index contributed by atoms with van der Waals surface area (Å²) in [6.07, 6.45) is 3.14. The third-order valence-corrected chi connectivity index (χ3v) is 4.99. The van der Waals surface area contributed by atoms with Gasteiger partial charge in [-0.3, -0.25) is 9.69 Å². The van der Waals surface area contributed by atoms with Gasteiger partial charge in [-0.25, -0.2) is 0 Å². The zero-order chi connectivity index (χ0) is 17.2. The lowest BCUT2D eigenvalue weighted by Gasteiger charge is -2.32. The molecule has 132 valence electrons. The lowest BCUT2D eigenvalue weighted by Crippen LogP contribution is -2.45. The summed E-state index contributed by atoms with van der Waals surface area (Å²) in [5, 5.41) is 6.37. The van der Waals surface area contributed by atoms with Crippen LogP contribution in [0.4, 0.5) is 0 Å². The summed E-state index contributed by atoms with van der Waals surface area (Å²) in [7, 11) is 1.69. The number of likely N-dealkylation sites (N-methyl/N-ethyl adjacent to an activating group) is 1. The Balaban J connectivity index is 1.50. The smallest absolute Gasteiger partial charge is 0.233 e. The fourth-order valence-corrected chi connectivity index (χ4v) is 3.65. The van der Waals surface area contributed by atoms with Gasteiger partial charge in [0.1, 0.15) is 11.4 Å². The first-order valence-electron chi connectivity index (χ1n) is 8.93. The van der Waals surface area contributed by atoms with Gasteiger partial charge < -0.3 is 15.4 Å². The Morgan fingerprint density at radius 1 is 1.33 bits per heavy atom. The molecule has 1 saturated heterocycles. The molecule has 3 rings (SSSR count). The van der Waals surface area contributed by atoms with E-state index in [0.717, 1.165) is 44.6 Å². The van der Waals surface area contributed by atoms with Crippen molar-refractivity contribution in [1.29, 1.82) is 0 Å². The van der Waals surface area contributed by atoms with E-state index in [1.165, 1.54) is 11.1 Å². The predicted octanol–water partition coefficient (Wildman–Crippen LogP) is 1.70. The van der Waals surface area contributed by atoms with E-state index in [9.17, 15) is 4.79 Å². The third-order valence-electron chi connectivity index (χ3n) is 4.99. The van der Waals surface area contributed by atoms with Crippen LogP contribution in [0, 0.1) is 0 Å². The fraction of sp³-hybridized carbons (Fsp3) is 0.632. The molecule has 2 aliphatic rings. The van der Waals surface area contributed by atoms with E-state index in [1.807, 2.05) is 0 Å². The van der Waals surface area contributed by atoms with Crippen LogP contribution in [0.1, 0.15) is 37.8 Å². The highest BCUT2D eigenvalue weighted by Crippen LogP contribution is 2.37. The molecule has 1 aromatic rings. The maximum Gasteiger partial charge on any atom is 0.233 e. The third kappa shape index (κ3) is 4.08. The monoisotopic (exact) mass is 331 g/mol. The number of nitrogens with one attached hydrogen (secondary N) is 2. The zero-order valence-electron chi connectivity index (χ0n) is 15.0. The van der Waals surface area contributed by atoms with E-state index >= 15 is 0 Å². The van der Waals surface area contributed by atoms with Crippen molar-refractivity contribution in [3.05, 3.63) is 29.3 Å². The largest absolute Gasteiger partial charge is 0.487 e. The Morgan fingerprint density at radius 3 is 2.79 bits per heavy atom. The standard InChI is InChI=1S/C19H29N3O2/c1-19(2)11-14-5-4-6-15(18(14)24-19)12-21-16-7-9-22(10-8-16)13-17(23)20-3/h4-6,16,21H,7-13H2,1-3H3,(H,20,23). The second-order valence-corrected chi connectivity index (χ2v) is 7.55. The molecule has 0 aliphatic carbocycles. The Kier molecular flexibility index (Phi) is 5.11. The van der Waals surface area contributed by atoms with Crippen molar-refractivity contribution in [3.63, 3.8) is 0 Å². The van der Waals surface area contributed by atoms with E-state index in [0.29, 0.717) is 12.6 Å². The molecular formula is C19H29N3O2. The number of likely N-dealkylation sites (tertiary alicyclic amines) is 1. The molecule has 0 bridgehead atoms. The number of carbonyl (C=O) groups excluding carboxylic acids is 1. The van der Waals surface area contributed by atoms with E-state index < -0.39 is 0 Å². The molecule has 0 radical (unpaired) electrons. The van der Waals surface area contributed by atoms with Gasteiger partial charge in [0.15, 0.2) is 0 Å². The number of hydrogen-bond acceptors (Lipinski definition) is 4. The number of piperidine rings is 1. The summed E-state index contributed by atoms with van der Waals surface area (Å²) in [6.45, 7) is 7.60. The van der Waals surface area contributed by atoms with Crippen molar-refractivity contribution in [3.8, 4) is 5.75 Å². The maximum atomic E-state index is 11.5. The Morgan fingerprint density at radius 2 is 2.08 bits per heavy atom. The first-order chi connectivity index (χ1) is 11.5. The van der Waals surface area contributed by atoms with Gasteiger partial charge in [-0.05, 0) is 32.3 Å². The number of amides is 1.